The van der Waals surface area contributed by atoms with Crippen molar-refractivity contribution in [1.82, 2.24) is 0 Å². The Hall–Kier alpha value is -1.52. The molecule has 0 bridgehead atoms. The first-order valence-electron chi connectivity index (χ1n) is 10.3. The van der Waals surface area contributed by atoms with E-state index < -0.39 is 23.6 Å². The van der Waals surface area contributed by atoms with E-state index in [0.29, 0.717) is 50.9 Å². The molecule has 2 fully saturated rings. The molecule has 0 radical (unpaired) electrons. The standard InChI is InChI=1S/C21H29F2NO4/c22-20(23,8-2-1-3-10-24)13-17(15-5-4-6-15)16-7-9-21(27-11-12-28-21)14-18(16)19(25)26/h15,17H,1-9,11-14H2,(H,25,26). The molecule has 1 atom stereocenters. The lowest BCUT2D eigenvalue weighted by molar-refractivity contribution is -0.168. The van der Waals surface area contributed by atoms with Gasteiger partial charge < -0.3 is 14.6 Å². The van der Waals surface area contributed by atoms with Crippen LogP contribution < -0.4 is 0 Å². The highest BCUT2D eigenvalue weighted by molar-refractivity contribution is 5.88. The van der Waals surface area contributed by atoms with E-state index in [9.17, 15) is 18.7 Å². The Labute approximate surface area is 164 Å². The highest BCUT2D eigenvalue weighted by Crippen LogP contribution is 2.49. The monoisotopic (exact) mass is 397 g/mol. The van der Waals surface area contributed by atoms with E-state index in [1.165, 1.54) is 0 Å². The van der Waals surface area contributed by atoms with E-state index in [1.54, 1.807) is 0 Å². The van der Waals surface area contributed by atoms with Gasteiger partial charge in [-0.25, -0.2) is 13.6 Å². The molecule has 1 N–H and O–H groups in total. The van der Waals surface area contributed by atoms with Gasteiger partial charge in [-0.05, 0) is 43.9 Å². The summed E-state index contributed by atoms with van der Waals surface area (Å²) < 4.78 is 40.7. The number of hydrogen-bond acceptors (Lipinski definition) is 4. The van der Waals surface area contributed by atoms with Crippen molar-refractivity contribution in [2.75, 3.05) is 13.2 Å². The highest BCUT2D eigenvalue weighted by Gasteiger charge is 2.47. The average molecular weight is 397 g/mol. The molecule has 3 rings (SSSR count). The predicted octanol–water partition coefficient (Wildman–Crippen LogP) is 4.82. The van der Waals surface area contributed by atoms with Crippen molar-refractivity contribution in [2.45, 2.75) is 82.3 Å². The number of unbranched alkanes of at least 4 members (excludes halogenated alkanes) is 2. The molecule has 3 aliphatic rings. The Morgan fingerprint density at radius 2 is 2.04 bits per heavy atom. The molecule has 1 aliphatic heterocycles. The fraction of sp³-hybridized carbons (Fsp3) is 0.810. The lowest BCUT2D eigenvalue weighted by Crippen LogP contribution is -2.39. The summed E-state index contributed by atoms with van der Waals surface area (Å²) in [4.78, 5) is 12.0. The van der Waals surface area contributed by atoms with Crippen molar-refractivity contribution < 1.29 is 28.2 Å². The number of nitrogens with zero attached hydrogens (tertiary/aromatic N) is 1. The van der Waals surface area contributed by atoms with E-state index >= 15 is 0 Å². The van der Waals surface area contributed by atoms with Crippen LogP contribution in [0.3, 0.4) is 0 Å². The van der Waals surface area contributed by atoms with E-state index in [0.717, 1.165) is 19.3 Å². The van der Waals surface area contributed by atoms with Gasteiger partial charge in [-0.15, -0.1) is 0 Å². The van der Waals surface area contributed by atoms with E-state index in [2.05, 4.69) is 0 Å². The third-order valence-corrected chi connectivity index (χ3v) is 6.45. The smallest absolute Gasteiger partial charge is 0.331 e. The van der Waals surface area contributed by atoms with Gasteiger partial charge in [0.2, 0.25) is 5.92 Å². The molecular formula is C21H29F2NO4. The third-order valence-electron chi connectivity index (χ3n) is 6.45. The molecule has 1 saturated heterocycles. The van der Waals surface area contributed by atoms with Gasteiger partial charge in [-0.1, -0.05) is 12.0 Å². The maximum Gasteiger partial charge on any atom is 0.331 e. The number of aliphatic carboxylic acids is 1. The Morgan fingerprint density at radius 1 is 1.32 bits per heavy atom. The van der Waals surface area contributed by atoms with Gasteiger partial charge in [0, 0.05) is 37.7 Å². The van der Waals surface area contributed by atoms with Crippen molar-refractivity contribution >= 4 is 5.97 Å². The lowest BCUT2D eigenvalue weighted by Gasteiger charge is -2.41. The molecule has 0 aromatic rings. The van der Waals surface area contributed by atoms with Gasteiger partial charge in [0.05, 0.1) is 19.3 Å². The topological polar surface area (TPSA) is 79.6 Å². The van der Waals surface area contributed by atoms with Gasteiger partial charge in [-0.3, -0.25) is 0 Å². The molecule has 28 heavy (non-hydrogen) atoms. The highest BCUT2D eigenvalue weighted by atomic mass is 19.3. The van der Waals surface area contributed by atoms with Crippen LogP contribution >= 0.6 is 0 Å². The third kappa shape index (κ3) is 4.90. The number of carbonyl (C=O) groups is 1. The van der Waals surface area contributed by atoms with Crippen LogP contribution in [0, 0.1) is 23.2 Å². The minimum absolute atomic E-state index is 0.133. The summed E-state index contributed by atoms with van der Waals surface area (Å²) in [5.41, 5.74) is 0.893. The molecular weight excluding hydrogens is 368 g/mol. The zero-order valence-corrected chi connectivity index (χ0v) is 16.2. The summed E-state index contributed by atoms with van der Waals surface area (Å²) >= 11 is 0. The summed E-state index contributed by atoms with van der Waals surface area (Å²) in [5.74, 6) is -5.04. The number of halogens is 2. The molecule has 0 aromatic carbocycles. The second kappa shape index (κ2) is 8.87. The Morgan fingerprint density at radius 3 is 2.61 bits per heavy atom. The zero-order valence-electron chi connectivity index (χ0n) is 16.2. The summed E-state index contributed by atoms with van der Waals surface area (Å²) in [6, 6.07) is 1.98. The lowest BCUT2D eigenvalue weighted by atomic mass is 9.66. The minimum atomic E-state index is -2.85. The molecule has 1 unspecified atom stereocenters. The maximum atomic E-state index is 14.7. The first-order valence-corrected chi connectivity index (χ1v) is 10.3. The number of carboxylic acids is 1. The van der Waals surface area contributed by atoms with Crippen LogP contribution in [0.25, 0.3) is 0 Å². The van der Waals surface area contributed by atoms with Crippen LogP contribution in [0.1, 0.15) is 70.6 Å². The van der Waals surface area contributed by atoms with E-state index in [-0.39, 0.29) is 30.8 Å². The quantitative estimate of drug-likeness (QED) is 0.564. The Bertz CT molecular complexity index is 645. The van der Waals surface area contributed by atoms with Crippen molar-refractivity contribution in [3.8, 4) is 6.07 Å². The van der Waals surface area contributed by atoms with Crippen molar-refractivity contribution in [3.63, 3.8) is 0 Å². The van der Waals surface area contributed by atoms with Gasteiger partial charge in [0.1, 0.15) is 0 Å². The van der Waals surface area contributed by atoms with Crippen LogP contribution in [0.4, 0.5) is 8.78 Å². The van der Waals surface area contributed by atoms with Gasteiger partial charge in [-0.2, -0.15) is 5.26 Å². The molecule has 156 valence electrons. The summed E-state index contributed by atoms with van der Waals surface area (Å²) in [6.07, 6.45) is 4.40. The van der Waals surface area contributed by atoms with Gasteiger partial charge >= 0.3 is 5.97 Å². The SMILES string of the molecule is N#CCCCCC(F)(F)CC(C1=C(C(=O)O)CC2(CC1)OCCO2)C1CCC1. The Kier molecular flexibility index (Phi) is 6.72. The largest absolute Gasteiger partial charge is 0.478 e. The summed E-state index contributed by atoms with van der Waals surface area (Å²) in [5, 5.41) is 18.4. The molecule has 0 aromatic heterocycles. The number of hydrogen-bond donors (Lipinski definition) is 1. The first-order chi connectivity index (χ1) is 13.4. The van der Waals surface area contributed by atoms with Crippen LogP contribution in [0.15, 0.2) is 11.1 Å². The fourth-order valence-electron chi connectivity index (χ4n) is 4.74. The molecule has 0 amide bonds. The van der Waals surface area contributed by atoms with Crippen molar-refractivity contribution in [1.29, 1.82) is 5.26 Å². The number of nitriles is 1. The van der Waals surface area contributed by atoms with Crippen LogP contribution in [0.2, 0.25) is 0 Å². The molecule has 1 heterocycles. The number of carboxylic acid groups (broad SMARTS) is 1. The normalized spacial score (nSPS) is 23.5. The molecule has 1 saturated carbocycles. The number of allylic oxidation sites excluding steroid dienone is 1. The number of ether oxygens (including phenoxy) is 2. The predicted molar refractivity (Wildman–Crippen MR) is 97.6 cm³/mol. The molecule has 7 heteroatoms. The summed E-state index contributed by atoms with van der Waals surface area (Å²) in [7, 11) is 0. The maximum absolute atomic E-state index is 14.7. The van der Waals surface area contributed by atoms with Crippen molar-refractivity contribution in [2.24, 2.45) is 11.8 Å². The number of alkyl halides is 2. The zero-order chi connectivity index (χ0) is 20.2. The average Bonchev–Trinajstić information content (AvgIpc) is 3.04. The van der Waals surface area contributed by atoms with Gasteiger partial charge in [0.15, 0.2) is 5.79 Å². The van der Waals surface area contributed by atoms with Crippen LogP contribution in [0.5, 0.6) is 0 Å². The minimum Gasteiger partial charge on any atom is -0.478 e. The van der Waals surface area contributed by atoms with Crippen molar-refractivity contribution in [3.05, 3.63) is 11.1 Å². The van der Waals surface area contributed by atoms with Gasteiger partial charge in [0.25, 0.3) is 0 Å². The van der Waals surface area contributed by atoms with Crippen LogP contribution in [-0.2, 0) is 14.3 Å². The Balaban J connectivity index is 1.78. The number of rotatable bonds is 9. The summed E-state index contributed by atoms with van der Waals surface area (Å²) in [6.45, 7) is 0.879. The van der Waals surface area contributed by atoms with E-state index in [1.807, 2.05) is 6.07 Å². The first kappa shape index (κ1) is 21.2. The molecule has 2 aliphatic carbocycles. The second-order valence-electron chi connectivity index (χ2n) is 8.32. The van der Waals surface area contributed by atoms with Crippen LogP contribution in [-0.4, -0.2) is 36.0 Å². The molecule has 5 nitrogen and oxygen atoms in total. The fourth-order valence-corrected chi connectivity index (χ4v) is 4.74. The van der Waals surface area contributed by atoms with E-state index in [4.69, 9.17) is 14.7 Å². The molecule has 1 spiro atoms. The second-order valence-corrected chi connectivity index (χ2v) is 8.32.